The molecule has 0 saturated carbocycles. The van der Waals surface area contributed by atoms with Gasteiger partial charge in [0.2, 0.25) is 0 Å². The molecule has 2 aromatic heterocycles. The number of nitrogens with zero attached hydrogens (tertiary/aromatic N) is 3. The Kier molecular flexibility index (Phi) is 4.59. The zero-order valence-corrected chi connectivity index (χ0v) is 11.3. The van der Waals surface area contributed by atoms with Crippen molar-refractivity contribution in [2.75, 3.05) is 6.54 Å². The molecule has 1 N–H and O–H groups in total. The fraction of sp³-hybridized carbons (Fsp3) is 0.500. The summed E-state index contributed by atoms with van der Waals surface area (Å²) >= 11 is 0. The number of hydrogen-bond acceptors (Lipinski definition) is 2. The van der Waals surface area contributed by atoms with E-state index in [4.69, 9.17) is 0 Å². The molecule has 0 radical (unpaired) electrons. The van der Waals surface area contributed by atoms with Gasteiger partial charge in [-0.15, -0.1) is 0 Å². The lowest BCUT2D eigenvalue weighted by Crippen LogP contribution is -2.17. The molecule has 0 atom stereocenters. The van der Waals surface area contributed by atoms with Crippen molar-refractivity contribution < 1.29 is 0 Å². The number of aryl methyl sites for hydroxylation is 2. The molecule has 0 aliphatic rings. The lowest BCUT2D eigenvalue weighted by Gasteiger charge is -2.04. The van der Waals surface area contributed by atoms with E-state index in [2.05, 4.69) is 44.8 Å². The van der Waals surface area contributed by atoms with E-state index in [1.54, 1.807) is 0 Å². The van der Waals surface area contributed by atoms with Crippen molar-refractivity contribution in [3.63, 3.8) is 0 Å². The van der Waals surface area contributed by atoms with E-state index in [-0.39, 0.29) is 0 Å². The van der Waals surface area contributed by atoms with Crippen LogP contribution in [0.15, 0.2) is 30.9 Å². The summed E-state index contributed by atoms with van der Waals surface area (Å²) in [5.74, 6) is 1.13. The molecular formula is C14H22N4. The quantitative estimate of drug-likeness (QED) is 0.758. The summed E-state index contributed by atoms with van der Waals surface area (Å²) in [6.07, 6.45) is 10.4. The van der Waals surface area contributed by atoms with Crippen molar-refractivity contribution in [1.29, 1.82) is 0 Å². The number of nitrogens with one attached hydrogen (secondary N) is 1. The van der Waals surface area contributed by atoms with Crippen LogP contribution in [0, 0.1) is 0 Å². The maximum absolute atomic E-state index is 4.31. The van der Waals surface area contributed by atoms with Crippen LogP contribution in [0.2, 0.25) is 0 Å². The SMILES string of the molecule is CCCn1ccc(CNCCc2nccn2C)c1. The van der Waals surface area contributed by atoms with Crippen LogP contribution in [0.4, 0.5) is 0 Å². The van der Waals surface area contributed by atoms with Crippen LogP contribution in [0.25, 0.3) is 0 Å². The van der Waals surface area contributed by atoms with Gasteiger partial charge in [-0.25, -0.2) is 4.98 Å². The second kappa shape index (κ2) is 6.40. The largest absolute Gasteiger partial charge is 0.354 e. The lowest BCUT2D eigenvalue weighted by atomic mass is 10.3. The fourth-order valence-electron chi connectivity index (χ4n) is 2.06. The van der Waals surface area contributed by atoms with Crippen molar-refractivity contribution >= 4 is 0 Å². The third-order valence-corrected chi connectivity index (χ3v) is 3.07. The van der Waals surface area contributed by atoms with Gasteiger partial charge in [-0.05, 0) is 18.1 Å². The summed E-state index contributed by atoms with van der Waals surface area (Å²) in [6.45, 7) is 5.20. The van der Waals surface area contributed by atoms with Crippen LogP contribution in [-0.2, 0) is 26.6 Å². The standard InChI is InChI=1S/C14H22N4/c1-3-8-18-9-5-13(12-18)11-15-6-4-14-16-7-10-17(14)2/h5,7,9-10,12,15H,3-4,6,8,11H2,1-2H3. The molecule has 0 saturated heterocycles. The first-order valence-electron chi connectivity index (χ1n) is 6.61. The van der Waals surface area contributed by atoms with Gasteiger partial charge in [0.15, 0.2) is 0 Å². The zero-order valence-electron chi connectivity index (χ0n) is 11.3. The third kappa shape index (κ3) is 3.47. The number of rotatable bonds is 7. The summed E-state index contributed by atoms with van der Waals surface area (Å²) in [4.78, 5) is 4.31. The summed E-state index contributed by atoms with van der Waals surface area (Å²) in [5, 5.41) is 3.46. The molecule has 0 aliphatic carbocycles. The first kappa shape index (κ1) is 12.9. The number of imidazole rings is 1. The Hall–Kier alpha value is -1.55. The minimum absolute atomic E-state index is 0.932. The topological polar surface area (TPSA) is 34.8 Å². The highest BCUT2D eigenvalue weighted by Crippen LogP contribution is 2.02. The molecular weight excluding hydrogens is 224 g/mol. The number of hydrogen-bond donors (Lipinski definition) is 1. The van der Waals surface area contributed by atoms with Gasteiger partial charge in [0, 0.05) is 57.9 Å². The summed E-state index contributed by atoms with van der Waals surface area (Å²) < 4.78 is 4.31. The first-order chi connectivity index (χ1) is 8.79. The van der Waals surface area contributed by atoms with Gasteiger partial charge < -0.3 is 14.5 Å². The molecule has 18 heavy (non-hydrogen) atoms. The van der Waals surface area contributed by atoms with Gasteiger partial charge in [-0.1, -0.05) is 6.92 Å². The van der Waals surface area contributed by atoms with Gasteiger partial charge >= 0.3 is 0 Å². The van der Waals surface area contributed by atoms with Crippen molar-refractivity contribution in [1.82, 2.24) is 19.4 Å². The van der Waals surface area contributed by atoms with E-state index >= 15 is 0 Å². The summed E-state index contributed by atoms with van der Waals surface area (Å²) in [7, 11) is 2.03. The summed E-state index contributed by atoms with van der Waals surface area (Å²) in [5.41, 5.74) is 1.35. The van der Waals surface area contributed by atoms with Crippen LogP contribution in [0.5, 0.6) is 0 Å². The molecule has 4 heteroatoms. The Morgan fingerprint density at radius 1 is 1.33 bits per heavy atom. The maximum atomic E-state index is 4.31. The molecule has 0 aromatic carbocycles. The Balaban J connectivity index is 1.70. The van der Waals surface area contributed by atoms with Crippen LogP contribution in [0.1, 0.15) is 24.7 Å². The molecule has 0 spiro atoms. The Labute approximate surface area is 109 Å². The van der Waals surface area contributed by atoms with Gasteiger partial charge in [0.25, 0.3) is 0 Å². The fourth-order valence-corrected chi connectivity index (χ4v) is 2.06. The van der Waals surface area contributed by atoms with Crippen LogP contribution < -0.4 is 5.32 Å². The van der Waals surface area contributed by atoms with Crippen molar-refractivity contribution in [2.45, 2.75) is 32.9 Å². The molecule has 0 bridgehead atoms. The minimum atomic E-state index is 0.932. The van der Waals surface area contributed by atoms with E-state index in [1.807, 2.05) is 19.4 Å². The van der Waals surface area contributed by atoms with Crippen LogP contribution >= 0.6 is 0 Å². The Bertz CT molecular complexity index is 470. The lowest BCUT2D eigenvalue weighted by molar-refractivity contribution is 0.648. The van der Waals surface area contributed by atoms with Crippen LogP contribution in [0.3, 0.4) is 0 Å². The monoisotopic (exact) mass is 246 g/mol. The highest BCUT2D eigenvalue weighted by molar-refractivity contribution is 5.09. The van der Waals surface area contributed by atoms with E-state index in [0.29, 0.717) is 0 Å². The predicted octanol–water partition coefficient (Wildman–Crippen LogP) is 1.96. The summed E-state index contributed by atoms with van der Waals surface area (Å²) in [6, 6.07) is 2.18. The first-order valence-corrected chi connectivity index (χ1v) is 6.61. The van der Waals surface area contributed by atoms with Gasteiger partial charge in [-0.2, -0.15) is 0 Å². The second-order valence-electron chi connectivity index (χ2n) is 4.64. The highest BCUT2D eigenvalue weighted by atomic mass is 15.0. The maximum Gasteiger partial charge on any atom is 0.109 e. The van der Waals surface area contributed by atoms with Gasteiger partial charge in [0.1, 0.15) is 5.82 Å². The van der Waals surface area contributed by atoms with E-state index in [0.717, 1.165) is 31.9 Å². The molecule has 0 aliphatic heterocycles. The van der Waals surface area contributed by atoms with Crippen molar-refractivity contribution in [2.24, 2.45) is 7.05 Å². The predicted molar refractivity (Wildman–Crippen MR) is 73.3 cm³/mol. The second-order valence-corrected chi connectivity index (χ2v) is 4.64. The van der Waals surface area contributed by atoms with Crippen molar-refractivity contribution in [3.8, 4) is 0 Å². The smallest absolute Gasteiger partial charge is 0.109 e. The molecule has 2 heterocycles. The minimum Gasteiger partial charge on any atom is -0.354 e. The van der Waals surface area contributed by atoms with E-state index in [9.17, 15) is 0 Å². The van der Waals surface area contributed by atoms with E-state index < -0.39 is 0 Å². The van der Waals surface area contributed by atoms with Gasteiger partial charge in [-0.3, -0.25) is 0 Å². The molecule has 0 fully saturated rings. The molecule has 2 rings (SSSR count). The Morgan fingerprint density at radius 2 is 2.22 bits per heavy atom. The third-order valence-electron chi connectivity index (χ3n) is 3.07. The zero-order chi connectivity index (χ0) is 12.8. The highest BCUT2D eigenvalue weighted by Gasteiger charge is 1.99. The molecule has 98 valence electrons. The van der Waals surface area contributed by atoms with E-state index in [1.165, 1.54) is 12.0 Å². The molecule has 2 aromatic rings. The normalized spacial score (nSPS) is 11.0. The number of aromatic nitrogens is 3. The average molecular weight is 246 g/mol. The molecule has 4 nitrogen and oxygen atoms in total. The molecule has 0 unspecified atom stereocenters. The molecule has 0 amide bonds. The van der Waals surface area contributed by atoms with Gasteiger partial charge in [0.05, 0.1) is 0 Å². The Morgan fingerprint density at radius 3 is 2.94 bits per heavy atom. The average Bonchev–Trinajstić information content (AvgIpc) is 2.95. The van der Waals surface area contributed by atoms with Crippen molar-refractivity contribution in [3.05, 3.63) is 42.2 Å². The van der Waals surface area contributed by atoms with Crippen LogP contribution in [-0.4, -0.2) is 20.7 Å².